The molecule has 45 heavy (non-hydrogen) atoms. The third-order valence-corrected chi connectivity index (χ3v) is 9.88. The summed E-state index contributed by atoms with van der Waals surface area (Å²) < 4.78 is 14.2. The molecule has 0 atom stereocenters. The lowest BCUT2D eigenvalue weighted by atomic mass is 9.78. The van der Waals surface area contributed by atoms with Crippen LogP contribution in [0.5, 0.6) is 11.5 Å². The molecular formula is C42H55O2P. The van der Waals surface area contributed by atoms with E-state index in [9.17, 15) is 0 Å². The molecule has 4 aromatic rings. The topological polar surface area (TPSA) is 18.5 Å². The van der Waals surface area contributed by atoms with Crippen molar-refractivity contribution in [2.45, 2.75) is 119 Å². The Morgan fingerprint density at radius 1 is 0.422 bits per heavy atom. The lowest BCUT2D eigenvalue weighted by Gasteiger charge is -2.32. The summed E-state index contributed by atoms with van der Waals surface area (Å²) in [7, 11) is -1.52. The Bertz CT molecular complexity index is 1540. The number of aryl methyl sites for hydroxylation is 2. The van der Waals surface area contributed by atoms with E-state index in [0.29, 0.717) is 0 Å². The molecule has 0 bridgehead atoms. The van der Waals surface area contributed by atoms with Gasteiger partial charge in [0.1, 0.15) is 11.5 Å². The van der Waals surface area contributed by atoms with E-state index >= 15 is 0 Å². The highest BCUT2D eigenvalue weighted by atomic mass is 31.2. The normalized spacial score (nSPS) is 12.9. The fourth-order valence-electron chi connectivity index (χ4n) is 6.01. The van der Waals surface area contributed by atoms with Gasteiger partial charge in [-0.05, 0) is 93.2 Å². The van der Waals surface area contributed by atoms with Gasteiger partial charge in [-0.15, -0.1) is 0 Å². The van der Waals surface area contributed by atoms with Gasteiger partial charge in [-0.3, -0.25) is 0 Å². The summed E-state index contributed by atoms with van der Waals surface area (Å²) in [6, 6.07) is 28.4. The average molecular weight is 623 g/mol. The molecule has 0 spiro atoms. The molecule has 3 heteroatoms. The van der Waals surface area contributed by atoms with Crippen molar-refractivity contribution >= 4 is 13.7 Å². The van der Waals surface area contributed by atoms with Crippen molar-refractivity contribution in [3.63, 3.8) is 0 Å². The summed E-state index contributed by atoms with van der Waals surface area (Å²) in [5.41, 5.74) is 9.79. The van der Waals surface area contributed by atoms with E-state index in [-0.39, 0.29) is 21.7 Å². The maximum Gasteiger partial charge on any atom is 0.326 e. The zero-order chi connectivity index (χ0) is 33.5. The molecular weight excluding hydrogens is 567 g/mol. The smallest absolute Gasteiger partial charge is 0.326 e. The first-order valence-corrected chi connectivity index (χ1v) is 17.5. The molecule has 0 unspecified atom stereocenters. The number of rotatable bonds is 6. The van der Waals surface area contributed by atoms with Crippen LogP contribution in [0.2, 0.25) is 0 Å². The molecule has 0 aliphatic carbocycles. The zero-order valence-electron chi connectivity index (χ0n) is 30.3. The molecule has 0 fully saturated rings. The van der Waals surface area contributed by atoms with Crippen LogP contribution in [0.1, 0.15) is 116 Å². The first-order valence-electron chi connectivity index (χ1n) is 16.3. The second-order valence-corrected chi connectivity index (χ2v) is 18.1. The Morgan fingerprint density at radius 2 is 0.778 bits per heavy atom. The predicted octanol–water partition coefficient (Wildman–Crippen LogP) is 12.3. The van der Waals surface area contributed by atoms with Crippen molar-refractivity contribution in [3.8, 4) is 22.6 Å². The third-order valence-electron chi connectivity index (χ3n) is 8.43. The van der Waals surface area contributed by atoms with Crippen molar-refractivity contribution in [1.29, 1.82) is 0 Å². The summed E-state index contributed by atoms with van der Waals surface area (Å²) in [5.74, 6) is 1.79. The highest BCUT2D eigenvalue weighted by Crippen LogP contribution is 2.48. The van der Waals surface area contributed by atoms with Gasteiger partial charge in [0.25, 0.3) is 0 Å². The summed E-state index contributed by atoms with van der Waals surface area (Å²) in [4.78, 5) is 0. The van der Waals surface area contributed by atoms with E-state index < -0.39 is 8.38 Å². The van der Waals surface area contributed by atoms with Crippen LogP contribution in [0.15, 0.2) is 78.9 Å². The predicted molar refractivity (Wildman–Crippen MR) is 197 cm³/mol. The van der Waals surface area contributed by atoms with Gasteiger partial charge in [-0.1, -0.05) is 138 Å². The number of hydrogen-bond acceptors (Lipinski definition) is 2. The van der Waals surface area contributed by atoms with Crippen LogP contribution >= 0.6 is 8.38 Å². The molecule has 0 aliphatic rings. The number of benzene rings is 4. The maximum absolute atomic E-state index is 7.10. The molecule has 0 N–H and O–H groups in total. The van der Waals surface area contributed by atoms with Gasteiger partial charge >= 0.3 is 8.38 Å². The van der Waals surface area contributed by atoms with Crippen LogP contribution in [0.3, 0.4) is 0 Å². The summed E-state index contributed by atoms with van der Waals surface area (Å²) in [5, 5.41) is 1.04. The van der Waals surface area contributed by atoms with Crippen LogP contribution in [0.25, 0.3) is 11.1 Å². The molecule has 240 valence electrons. The molecule has 0 heterocycles. The molecule has 0 aromatic heterocycles. The molecule has 0 saturated carbocycles. The minimum Gasteiger partial charge on any atom is -0.435 e. The van der Waals surface area contributed by atoms with Crippen LogP contribution in [-0.2, 0) is 21.7 Å². The fourth-order valence-corrected chi connectivity index (χ4v) is 7.31. The Kier molecular flexibility index (Phi) is 9.74. The van der Waals surface area contributed by atoms with E-state index in [1.54, 1.807) is 0 Å². The van der Waals surface area contributed by atoms with Gasteiger partial charge in [0, 0.05) is 11.1 Å². The van der Waals surface area contributed by atoms with Crippen LogP contribution in [0, 0.1) is 13.8 Å². The maximum atomic E-state index is 7.10. The summed E-state index contributed by atoms with van der Waals surface area (Å²) >= 11 is 0. The second-order valence-electron chi connectivity index (χ2n) is 16.7. The quantitative estimate of drug-likeness (QED) is 0.199. The minimum absolute atomic E-state index is 0.0328. The molecule has 0 radical (unpaired) electrons. The van der Waals surface area contributed by atoms with E-state index in [0.717, 1.165) is 16.8 Å². The van der Waals surface area contributed by atoms with Crippen LogP contribution in [0.4, 0.5) is 0 Å². The summed E-state index contributed by atoms with van der Waals surface area (Å²) in [6.45, 7) is 31.7. The lowest BCUT2D eigenvalue weighted by Crippen LogP contribution is -2.21. The minimum atomic E-state index is -1.52. The van der Waals surface area contributed by atoms with E-state index in [1.807, 2.05) is 0 Å². The molecule has 0 amide bonds. The van der Waals surface area contributed by atoms with E-state index in [2.05, 4.69) is 176 Å². The fraction of sp³-hybridized carbons (Fsp3) is 0.429. The largest absolute Gasteiger partial charge is 0.435 e. The molecule has 2 nitrogen and oxygen atoms in total. The van der Waals surface area contributed by atoms with Crippen LogP contribution < -0.4 is 14.4 Å². The Balaban J connectivity index is 1.89. The monoisotopic (exact) mass is 622 g/mol. The average Bonchev–Trinajstić information content (AvgIpc) is 2.90. The first kappa shape index (κ1) is 34.8. The van der Waals surface area contributed by atoms with E-state index in [4.69, 9.17) is 9.05 Å². The standard InChI is InChI=1S/C42H55O2P/c1-28-24-37(35(41(9,10)11)26-33(28)39(3,4)5)43-45(32-22-20-31(21-23-32)30-18-16-15-17-19-30)44-38-25-29(2)34(40(6,7)8)27-36(38)42(12,13)14/h15-27H,1-14H3. The van der Waals surface area contributed by atoms with Crippen molar-refractivity contribution in [1.82, 2.24) is 0 Å². The van der Waals surface area contributed by atoms with Gasteiger partial charge in [-0.2, -0.15) is 0 Å². The third kappa shape index (κ3) is 8.20. The number of hydrogen-bond donors (Lipinski definition) is 0. The van der Waals surface area contributed by atoms with Crippen molar-refractivity contribution < 1.29 is 9.05 Å². The highest BCUT2D eigenvalue weighted by Gasteiger charge is 2.31. The van der Waals surface area contributed by atoms with Gasteiger partial charge in [0.15, 0.2) is 0 Å². The molecule has 4 aromatic carbocycles. The van der Waals surface area contributed by atoms with Gasteiger partial charge in [0.2, 0.25) is 0 Å². The SMILES string of the molecule is Cc1cc(OP(Oc2cc(C)c(C(C)(C)C)cc2C(C)(C)C)c2ccc(-c3ccccc3)cc2)c(C(C)(C)C)cc1C(C)(C)C. The second kappa shape index (κ2) is 12.6. The van der Waals surface area contributed by atoms with Gasteiger partial charge in [-0.25, -0.2) is 0 Å². The zero-order valence-corrected chi connectivity index (χ0v) is 31.2. The Labute approximate surface area is 275 Å². The van der Waals surface area contributed by atoms with Gasteiger partial charge in [0.05, 0.1) is 5.30 Å². The first-order chi connectivity index (χ1) is 20.7. The highest BCUT2D eigenvalue weighted by molar-refractivity contribution is 7.56. The Hall–Kier alpha value is -3.09. The van der Waals surface area contributed by atoms with E-state index in [1.165, 1.54) is 44.5 Å². The molecule has 4 rings (SSSR count). The van der Waals surface area contributed by atoms with Crippen molar-refractivity contribution in [2.24, 2.45) is 0 Å². The van der Waals surface area contributed by atoms with Crippen LogP contribution in [-0.4, -0.2) is 0 Å². The molecule has 0 saturated heterocycles. The van der Waals surface area contributed by atoms with Crippen molar-refractivity contribution in [2.75, 3.05) is 0 Å². The van der Waals surface area contributed by atoms with Crippen molar-refractivity contribution in [3.05, 3.63) is 112 Å². The Morgan fingerprint density at radius 3 is 1.13 bits per heavy atom. The lowest BCUT2D eigenvalue weighted by molar-refractivity contribution is 0.465. The van der Waals surface area contributed by atoms with Gasteiger partial charge < -0.3 is 9.05 Å². The summed E-state index contributed by atoms with van der Waals surface area (Å²) in [6.07, 6.45) is 0. The molecule has 0 aliphatic heterocycles.